The molecule has 1 aliphatic heterocycles. The molecule has 3 heterocycles. The summed E-state index contributed by atoms with van der Waals surface area (Å²) in [6.45, 7) is 16.7. The van der Waals surface area contributed by atoms with Crippen molar-refractivity contribution in [2.24, 2.45) is 10.8 Å². The third kappa shape index (κ3) is 15.5. The van der Waals surface area contributed by atoms with Gasteiger partial charge in [-0.25, -0.2) is 9.37 Å². The average molecular weight is 1120 g/mol. The molecule has 1 saturated carbocycles. The fourth-order valence-corrected chi connectivity index (χ4v) is 11.1. The maximum atomic E-state index is 14.0. The third-order valence-corrected chi connectivity index (χ3v) is 16.4. The van der Waals surface area contributed by atoms with Crippen molar-refractivity contribution in [2.75, 3.05) is 61.9 Å². The average Bonchev–Trinajstić information content (AvgIpc) is 4.38. The summed E-state index contributed by atoms with van der Waals surface area (Å²) in [7, 11) is 1.67. The molecule has 0 radical (unpaired) electrons. The Balaban J connectivity index is 0.709. The van der Waals surface area contributed by atoms with Crippen LogP contribution in [-0.2, 0) is 30.5 Å². The van der Waals surface area contributed by atoms with Crippen LogP contribution in [0.4, 0.5) is 21.5 Å². The molecule has 2 fully saturated rings. The number of fused-ring (bicyclic) bond motifs is 1. The molecule has 0 bridgehead atoms. The van der Waals surface area contributed by atoms with Crippen LogP contribution in [0.3, 0.4) is 0 Å². The van der Waals surface area contributed by atoms with Crippen molar-refractivity contribution in [3.05, 3.63) is 120 Å². The number of ether oxygens (including phenoxy) is 2. The quantitative estimate of drug-likeness (QED) is 0.0299. The number of aromatic nitrogens is 2. The van der Waals surface area contributed by atoms with Gasteiger partial charge in [-0.3, -0.25) is 33.9 Å². The molecule has 0 spiro atoms. The van der Waals surface area contributed by atoms with E-state index >= 15 is 0 Å². The second kappa shape index (κ2) is 27.3. The Hall–Kier alpha value is -7.44. The van der Waals surface area contributed by atoms with Crippen molar-refractivity contribution in [3.63, 3.8) is 0 Å². The first-order valence-electron chi connectivity index (χ1n) is 28.4. The Morgan fingerprint density at radius 3 is 2.01 bits per heavy atom. The number of amides is 5. The van der Waals surface area contributed by atoms with Crippen LogP contribution in [0.15, 0.2) is 103 Å². The molecule has 16 nitrogen and oxygen atoms in total. The van der Waals surface area contributed by atoms with Gasteiger partial charge >= 0.3 is 0 Å². The van der Waals surface area contributed by atoms with Crippen molar-refractivity contribution in [1.29, 1.82) is 0 Å². The zero-order valence-electron chi connectivity index (χ0n) is 47.9. The maximum absolute atomic E-state index is 14.0. The summed E-state index contributed by atoms with van der Waals surface area (Å²) in [5.41, 5.74) is 5.86. The molecule has 430 valence electrons. The number of piperazine rings is 1. The number of pyridine rings is 1. The number of methoxy groups -OCH3 is 1. The lowest BCUT2D eigenvalue weighted by Gasteiger charge is -2.36. The van der Waals surface area contributed by atoms with Crippen molar-refractivity contribution in [1.82, 2.24) is 30.4 Å². The fraction of sp³-hybridized carbons (Fsp3) is 0.444. The minimum atomic E-state index is -1.17. The van der Waals surface area contributed by atoms with E-state index in [0.717, 1.165) is 122 Å². The molecule has 81 heavy (non-hydrogen) atoms. The van der Waals surface area contributed by atoms with Gasteiger partial charge in [0.2, 0.25) is 29.5 Å². The number of nitrogens with zero attached hydrogens (tertiary/aromatic N) is 5. The Labute approximate surface area is 479 Å². The van der Waals surface area contributed by atoms with Gasteiger partial charge in [0, 0.05) is 68.6 Å². The van der Waals surface area contributed by atoms with Crippen LogP contribution in [0.5, 0.6) is 17.2 Å². The minimum Gasteiger partial charge on any atom is -0.495 e. The van der Waals surface area contributed by atoms with E-state index in [9.17, 15) is 28.4 Å². The van der Waals surface area contributed by atoms with E-state index in [1.54, 1.807) is 60.7 Å². The van der Waals surface area contributed by atoms with Gasteiger partial charge in [0.15, 0.2) is 0 Å². The molecule has 2 atom stereocenters. The summed E-state index contributed by atoms with van der Waals surface area (Å²) in [4.78, 5) is 83.5. The van der Waals surface area contributed by atoms with Crippen LogP contribution in [0.25, 0.3) is 21.3 Å². The lowest BCUT2D eigenvalue weighted by molar-refractivity contribution is -0.145. The van der Waals surface area contributed by atoms with Gasteiger partial charge < -0.3 is 40.5 Å². The Bertz CT molecular complexity index is 3120. The van der Waals surface area contributed by atoms with Crippen molar-refractivity contribution < 1.29 is 37.8 Å². The lowest BCUT2D eigenvalue weighted by Crippen LogP contribution is -2.58. The first kappa shape index (κ1) is 59.7. The van der Waals surface area contributed by atoms with Crippen LogP contribution in [0, 0.1) is 23.6 Å². The van der Waals surface area contributed by atoms with Crippen molar-refractivity contribution in [3.8, 4) is 27.7 Å². The summed E-state index contributed by atoms with van der Waals surface area (Å²) in [6.07, 6.45) is 10.2. The number of carbonyl (C=O) groups is 5. The van der Waals surface area contributed by atoms with Gasteiger partial charge in [-0.05, 0) is 136 Å². The summed E-state index contributed by atoms with van der Waals surface area (Å²) in [5.74, 6) is 0.0256. The van der Waals surface area contributed by atoms with E-state index in [0.29, 0.717) is 55.2 Å². The molecule has 2 aliphatic rings. The molecule has 4 aromatic carbocycles. The molecule has 6 aromatic rings. The smallest absolute Gasteiger partial charge is 0.246 e. The molecule has 5 amide bonds. The van der Waals surface area contributed by atoms with E-state index < -0.39 is 40.5 Å². The molecular weight excluding hydrogens is 1050 g/mol. The topological polar surface area (TPSA) is 187 Å². The van der Waals surface area contributed by atoms with Gasteiger partial charge in [-0.15, -0.1) is 11.3 Å². The number of hydrogen-bond acceptors (Lipinski definition) is 12. The van der Waals surface area contributed by atoms with Crippen LogP contribution in [0.1, 0.15) is 110 Å². The normalized spacial score (nSPS) is 14.8. The third-order valence-electron chi connectivity index (χ3n) is 15.5. The summed E-state index contributed by atoms with van der Waals surface area (Å²) < 4.78 is 25.6. The van der Waals surface area contributed by atoms with Gasteiger partial charge in [0.05, 0.1) is 34.4 Å². The fourth-order valence-electron chi connectivity index (χ4n) is 10.3. The Morgan fingerprint density at radius 1 is 0.790 bits per heavy atom. The Kier molecular flexibility index (Phi) is 20.1. The number of aryl methyl sites for hydroxylation is 1. The van der Waals surface area contributed by atoms with Gasteiger partial charge in [-0.2, -0.15) is 0 Å². The number of likely N-dealkylation sites (N-methyl/N-ethyl adjacent to an activating group) is 1. The number of hydrogen-bond donors (Lipinski definition) is 4. The summed E-state index contributed by atoms with van der Waals surface area (Å²) in [6, 6.07) is 24.8. The number of anilines is 3. The monoisotopic (exact) mass is 1120 g/mol. The number of nitrogens with one attached hydrogen (secondary N) is 4. The molecule has 2 aromatic heterocycles. The van der Waals surface area contributed by atoms with E-state index in [1.165, 1.54) is 24.3 Å². The zero-order valence-corrected chi connectivity index (χ0v) is 48.7. The second-order valence-corrected chi connectivity index (χ2v) is 23.2. The molecule has 0 unspecified atom stereocenters. The van der Waals surface area contributed by atoms with E-state index in [-0.39, 0.29) is 17.7 Å². The van der Waals surface area contributed by atoms with E-state index in [4.69, 9.17) is 9.47 Å². The highest BCUT2D eigenvalue weighted by atomic mass is 32.1. The first-order chi connectivity index (χ1) is 39.0. The van der Waals surface area contributed by atoms with Crippen LogP contribution in [-0.4, -0.2) is 108 Å². The SMILES string of the molecule is CCN(C(=O)[C@@H](NC(=O)CCCCCCCCCN1CCN(c2cc3nccc(Oc4ccc(NC(=O)C5(C(=O)Nc6ccc(F)cc6)CC5)cc4)c3cc2OC)CC1)C(C)(C)C)[C@@H](C)C(=O)NCc1ccc(-c2scnc2C)cc1. The highest BCUT2D eigenvalue weighted by Gasteiger charge is 2.56. The first-order valence-corrected chi connectivity index (χ1v) is 29.3. The second-order valence-electron chi connectivity index (χ2n) is 22.4. The van der Waals surface area contributed by atoms with Crippen LogP contribution in [0.2, 0.25) is 0 Å². The summed E-state index contributed by atoms with van der Waals surface area (Å²) in [5, 5.41) is 12.4. The summed E-state index contributed by atoms with van der Waals surface area (Å²) >= 11 is 1.60. The largest absolute Gasteiger partial charge is 0.495 e. The minimum absolute atomic E-state index is 0.145. The lowest BCUT2D eigenvalue weighted by atomic mass is 9.85. The van der Waals surface area contributed by atoms with Crippen molar-refractivity contribution >= 4 is 68.8 Å². The highest BCUT2D eigenvalue weighted by Crippen LogP contribution is 2.48. The van der Waals surface area contributed by atoms with Gasteiger partial charge in [0.1, 0.15) is 40.6 Å². The molecule has 1 saturated heterocycles. The molecular formula is C63H78FN9O7S. The number of halogens is 1. The zero-order chi connectivity index (χ0) is 57.7. The van der Waals surface area contributed by atoms with Crippen LogP contribution < -0.4 is 35.6 Å². The van der Waals surface area contributed by atoms with Gasteiger partial charge in [-0.1, -0.05) is 77.1 Å². The van der Waals surface area contributed by atoms with Crippen molar-refractivity contribution in [2.45, 2.75) is 124 Å². The number of rotatable bonds is 26. The number of unbranched alkanes of at least 4 members (excludes halogenated alkanes) is 6. The standard InChI is InChI=1S/C63H78FN9O7S/c1-8-73(43(3)58(75)66-40-44-17-19-45(20-18-44)56-42(2)67-41-81-56)59(76)57(62(4,5)6)70-55(74)16-14-12-10-9-11-13-15-33-71-34-36-72(37-35-71)52-39-51-50(38-54(52)79-7)53(29-32-65-51)80-49-27-25-48(26-28-49)69-61(78)63(30-31-63)60(77)68-47-23-21-46(64)22-24-47/h17-29,32,38-39,41,43,57H,8-16,30-31,33-37,40H2,1-7H3,(H,66,75)(H,68,77)(H,69,78)(H,70,74)/t43-,57+/m0/s1. The predicted molar refractivity (Wildman–Crippen MR) is 318 cm³/mol. The van der Waals surface area contributed by atoms with E-state index in [2.05, 4.69) is 47.1 Å². The number of benzene rings is 4. The van der Waals surface area contributed by atoms with E-state index in [1.807, 2.05) is 76.5 Å². The van der Waals surface area contributed by atoms with Gasteiger partial charge in [0.25, 0.3) is 0 Å². The Morgan fingerprint density at radius 2 is 1.42 bits per heavy atom. The predicted octanol–water partition coefficient (Wildman–Crippen LogP) is 11.3. The maximum Gasteiger partial charge on any atom is 0.246 e. The molecule has 18 heteroatoms. The number of thiazole rings is 1. The highest BCUT2D eigenvalue weighted by molar-refractivity contribution is 7.13. The molecule has 8 rings (SSSR count). The van der Waals surface area contributed by atoms with Crippen LogP contribution >= 0.6 is 11.3 Å². The molecule has 1 aliphatic carbocycles. The molecule has 4 N–H and O–H groups in total. The number of carbonyl (C=O) groups excluding carboxylic acids is 5.